The summed E-state index contributed by atoms with van der Waals surface area (Å²) < 4.78 is 1.91. The minimum absolute atomic E-state index is 0.113. The first-order valence-electron chi connectivity index (χ1n) is 9.05. The molecule has 2 fully saturated rings. The molecule has 3 heterocycles. The summed E-state index contributed by atoms with van der Waals surface area (Å²) in [5.74, 6) is -0.291. The second kappa shape index (κ2) is 7.32. The molecule has 140 valence electrons. The summed E-state index contributed by atoms with van der Waals surface area (Å²) in [7, 11) is 1.96. The van der Waals surface area contributed by atoms with Crippen LogP contribution in [0, 0.1) is 0 Å². The lowest BCUT2D eigenvalue weighted by Crippen LogP contribution is -2.36. The number of piperidine rings is 1. The second-order valence-corrected chi connectivity index (χ2v) is 7.06. The summed E-state index contributed by atoms with van der Waals surface area (Å²) >= 11 is 0. The van der Waals surface area contributed by atoms with Crippen LogP contribution in [0.2, 0.25) is 0 Å². The van der Waals surface area contributed by atoms with Gasteiger partial charge in [0.25, 0.3) is 0 Å². The molecule has 1 atom stereocenters. The van der Waals surface area contributed by atoms with Crippen LogP contribution in [-0.2, 0) is 21.5 Å². The number of hydrogen-bond acceptors (Lipinski definition) is 6. The van der Waals surface area contributed by atoms with Crippen LogP contribution in [0.15, 0.2) is 18.2 Å². The van der Waals surface area contributed by atoms with Crippen LogP contribution in [0.3, 0.4) is 0 Å². The molecule has 0 aliphatic carbocycles. The zero-order valence-corrected chi connectivity index (χ0v) is 14.9. The zero-order chi connectivity index (χ0) is 18.1. The van der Waals surface area contributed by atoms with Crippen molar-refractivity contribution in [1.82, 2.24) is 20.3 Å². The first-order valence-corrected chi connectivity index (χ1v) is 9.05. The molecule has 4 rings (SSSR count). The molecule has 1 aromatic carbocycles. The number of likely N-dealkylation sites (tertiary alicyclic amines) is 1. The smallest absolute Gasteiger partial charge is 0.317 e. The van der Waals surface area contributed by atoms with Crippen LogP contribution in [0.25, 0.3) is 10.9 Å². The number of fused-ring (bicyclic) bond motifs is 1. The first-order chi connectivity index (χ1) is 12.6. The van der Waals surface area contributed by atoms with E-state index in [-0.39, 0.29) is 12.6 Å². The fourth-order valence-electron chi connectivity index (χ4n) is 3.96. The van der Waals surface area contributed by atoms with Crippen LogP contribution in [0.4, 0.5) is 0 Å². The monoisotopic (exact) mass is 360 g/mol. The minimum Gasteiger partial charge on any atom is -0.480 e. The van der Waals surface area contributed by atoms with E-state index >= 15 is 0 Å². The van der Waals surface area contributed by atoms with Crippen molar-refractivity contribution in [2.75, 3.05) is 26.2 Å². The molecule has 8 heteroatoms. The second-order valence-electron chi connectivity index (χ2n) is 7.06. The number of carbonyl (C=O) groups is 1. The third kappa shape index (κ3) is 3.45. The fourth-order valence-corrected chi connectivity index (χ4v) is 3.96. The van der Waals surface area contributed by atoms with Crippen molar-refractivity contribution >= 4 is 16.9 Å². The van der Waals surface area contributed by atoms with E-state index in [1.165, 1.54) is 5.56 Å². The summed E-state index contributed by atoms with van der Waals surface area (Å²) in [6.07, 6.45) is 2.62. The highest BCUT2D eigenvalue weighted by Gasteiger charge is 2.25. The lowest BCUT2D eigenvalue weighted by Gasteiger charge is -2.31. The van der Waals surface area contributed by atoms with Gasteiger partial charge in [0.15, 0.2) is 0 Å². The Morgan fingerprint density at radius 3 is 2.85 bits per heavy atom. The zero-order valence-electron chi connectivity index (χ0n) is 14.9. The number of rotatable bonds is 4. The first kappa shape index (κ1) is 17.4. The van der Waals surface area contributed by atoms with E-state index in [1.807, 2.05) is 16.6 Å². The molecule has 0 spiro atoms. The molecule has 8 nitrogen and oxygen atoms in total. The molecular weight excluding hydrogens is 336 g/mol. The Hall–Kier alpha value is -2.00. The van der Waals surface area contributed by atoms with Crippen LogP contribution in [0.5, 0.6) is 0 Å². The third-order valence-electron chi connectivity index (χ3n) is 5.36. The normalized spacial score (nSPS) is 22.7. The number of aryl methyl sites for hydroxylation is 1. The third-order valence-corrected chi connectivity index (χ3v) is 5.36. The molecule has 2 aliphatic heterocycles. The Labute approximate surface area is 151 Å². The van der Waals surface area contributed by atoms with Gasteiger partial charge in [-0.2, -0.15) is 5.10 Å². The van der Waals surface area contributed by atoms with E-state index in [0.29, 0.717) is 12.5 Å². The molecule has 0 radical (unpaired) electrons. The number of aliphatic carboxylic acids is 1. The van der Waals surface area contributed by atoms with Gasteiger partial charge in [-0.3, -0.25) is 24.1 Å². The van der Waals surface area contributed by atoms with E-state index in [9.17, 15) is 4.79 Å². The molecule has 1 aromatic heterocycles. The van der Waals surface area contributed by atoms with Gasteiger partial charge in [-0.25, -0.2) is 0 Å². The van der Waals surface area contributed by atoms with Crippen molar-refractivity contribution in [3.8, 4) is 0 Å². The van der Waals surface area contributed by atoms with Crippen molar-refractivity contribution in [1.29, 1.82) is 0 Å². The van der Waals surface area contributed by atoms with E-state index in [4.69, 9.17) is 14.8 Å². The fraction of sp³-hybridized carbons (Fsp3) is 0.556. The summed E-state index contributed by atoms with van der Waals surface area (Å²) in [6.45, 7) is 2.38. The van der Waals surface area contributed by atoms with E-state index < -0.39 is 5.97 Å². The van der Waals surface area contributed by atoms with E-state index in [1.54, 1.807) is 0 Å². The van der Waals surface area contributed by atoms with Crippen molar-refractivity contribution in [3.05, 3.63) is 29.5 Å². The van der Waals surface area contributed by atoms with Crippen LogP contribution in [-0.4, -0.2) is 52.0 Å². The molecule has 2 N–H and O–H groups in total. The van der Waals surface area contributed by atoms with Gasteiger partial charge in [0.1, 0.15) is 11.8 Å². The van der Waals surface area contributed by atoms with Gasteiger partial charge in [-0.15, -0.1) is 0 Å². The van der Waals surface area contributed by atoms with E-state index in [2.05, 4.69) is 28.9 Å². The van der Waals surface area contributed by atoms with Gasteiger partial charge in [0, 0.05) is 18.9 Å². The number of benzene rings is 1. The molecule has 2 saturated heterocycles. The van der Waals surface area contributed by atoms with Crippen LogP contribution in [0.1, 0.15) is 42.5 Å². The Bertz CT molecular complexity index is 792. The van der Waals surface area contributed by atoms with Crippen molar-refractivity contribution in [2.24, 2.45) is 7.05 Å². The number of nitrogens with one attached hydrogen (secondary N) is 1. The van der Waals surface area contributed by atoms with Gasteiger partial charge < -0.3 is 5.11 Å². The highest BCUT2D eigenvalue weighted by molar-refractivity contribution is 5.83. The Balaban J connectivity index is 1.53. The average molecular weight is 360 g/mol. The quantitative estimate of drug-likeness (QED) is 0.858. The predicted molar refractivity (Wildman–Crippen MR) is 94.3 cm³/mol. The summed E-state index contributed by atoms with van der Waals surface area (Å²) in [4.78, 5) is 23.4. The SMILES string of the molecule is Cn1nc(C2CCONO2)c2ccc(C3CCN(CC(=O)O)CC3)cc21. The van der Waals surface area contributed by atoms with Gasteiger partial charge in [-0.05, 0) is 43.5 Å². The molecular formula is C18H24N4O4. The van der Waals surface area contributed by atoms with Crippen molar-refractivity contribution in [2.45, 2.75) is 31.3 Å². The van der Waals surface area contributed by atoms with Gasteiger partial charge in [0.2, 0.25) is 0 Å². The number of hydrogen-bond donors (Lipinski definition) is 2. The molecule has 26 heavy (non-hydrogen) atoms. The molecule has 0 amide bonds. The maximum absolute atomic E-state index is 10.9. The highest BCUT2D eigenvalue weighted by Crippen LogP contribution is 2.33. The van der Waals surface area contributed by atoms with Crippen molar-refractivity contribution < 1.29 is 19.6 Å². The van der Waals surface area contributed by atoms with Crippen molar-refractivity contribution in [3.63, 3.8) is 0 Å². The van der Waals surface area contributed by atoms with Gasteiger partial charge in [0.05, 0.1) is 18.7 Å². The topological polar surface area (TPSA) is 88.9 Å². The molecule has 1 unspecified atom stereocenters. The molecule has 2 aliphatic rings. The molecule has 2 aromatic rings. The Morgan fingerprint density at radius 1 is 1.35 bits per heavy atom. The maximum atomic E-state index is 10.9. The number of aromatic nitrogens is 2. The maximum Gasteiger partial charge on any atom is 0.317 e. The lowest BCUT2D eigenvalue weighted by molar-refractivity contribution is -0.242. The van der Waals surface area contributed by atoms with Gasteiger partial charge in [-0.1, -0.05) is 17.8 Å². The summed E-state index contributed by atoms with van der Waals surface area (Å²) in [6, 6.07) is 6.53. The largest absolute Gasteiger partial charge is 0.480 e. The predicted octanol–water partition coefficient (Wildman–Crippen LogP) is 1.73. The minimum atomic E-state index is -0.753. The molecule has 0 bridgehead atoms. The number of carboxylic acid groups (broad SMARTS) is 1. The summed E-state index contributed by atoms with van der Waals surface area (Å²) in [5, 5.41) is 14.7. The Morgan fingerprint density at radius 2 is 2.15 bits per heavy atom. The lowest BCUT2D eigenvalue weighted by atomic mass is 9.88. The molecule has 0 saturated carbocycles. The standard InChI is InChI=1S/C18H24N4O4/c1-21-15-10-13(12-4-7-22(8-5-12)11-17(23)24)2-3-14(15)18(19-21)16-6-9-25-20-26-16/h2-3,10,12,16,20H,4-9,11H2,1H3,(H,23,24). The highest BCUT2D eigenvalue weighted by atomic mass is 16.9. The number of carboxylic acids is 1. The van der Waals surface area contributed by atoms with Crippen LogP contribution < -0.4 is 5.64 Å². The van der Waals surface area contributed by atoms with Gasteiger partial charge >= 0.3 is 5.97 Å². The van der Waals surface area contributed by atoms with E-state index in [0.717, 1.165) is 48.9 Å². The Kier molecular flexibility index (Phi) is 4.90. The summed E-state index contributed by atoms with van der Waals surface area (Å²) in [5.41, 5.74) is 5.82. The van der Waals surface area contributed by atoms with Crippen LogP contribution >= 0.6 is 0 Å². The average Bonchev–Trinajstić information content (AvgIpc) is 2.99. The number of nitrogens with zero attached hydrogens (tertiary/aromatic N) is 3.